The minimum Gasteiger partial charge on any atom is -0.346 e. The molecule has 0 saturated heterocycles. The second-order valence-electron chi connectivity index (χ2n) is 4.24. The first kappa shape index (κ1) is 12.3. The number of anilines is 2. The lowest BCUT2D eigenvalue weighted by atomic mass is 10.1. The lowest BCUT2D eigenvalue weighted by Crippen LogP contribution is -2.08. The Morgan fingerprint density at radius 2 is 1.65 bits per heavy atom. The molecule has 2 N–H and O–H groups in total. The van der Waals surface area contributed by atoms with Crippen LogP contribution in [0.5, 0.6) is 0 Å². The van der Waals surface area contributed by atoms with E-state index in [2.05, 4.69) is 42.7 Å². The molecule has 100 valence electrons. The summed E-state index contributed by atoms with van der Waals surface area (Å²) in [5, 5.41) is 5.97. The predicted octanol–water partition coefficient (Wildman–Crippen LogP) is 2.07. The van der Waals surface area contributed by atoms with Gasteiger partial charge in [-0.3, -0.25) is 15.0 Å². The molecular formula is C14H14N6. The molecule has 0 radical (unpaired) electrons. The zero-order chi connectivity index (χ0) is 13.6. The normalized spacial score (nSPS) is 14.0. The highest BCUT2D eigenvalue weighted by atomic mass is 15.1. The van der Waals surface area contributed by atoms with Crippen LogP contribution in [0.3, 0.4) is 0 Å². The lowest BCUT2D eigenvalue weighted by Gasteiger charge is -2.10. The molecule has 6 heteroatoms. The molecule has 0 fully saturated rings. The van der Waals surface area contributed by atoms with Gasteiger partial charge < -0.3 is 10.6 Å². The summed E-state index contributed by atoms with van der Waals surface area (Å²) in [6.07, 6.45) is 6.70. The standard InChI is InChI=1S/C8H8N2.C6H6N4/c1-2-4-8-7(3-1)5-9-6-10-8;1-2-9-6-5(8-1)3-7-4-10-6/h1-4,6H,5H2,(H,9,10);1-2,4H,3H2,(H,7,9,10). The van der Waals surface area contributed by atoms with Gasteiger partial charge in [-0.1, -0.05) is 18.2 Å². The topological polar surface area (TPSA) is 74.6 Å². The number of aromatic nitrogens is 2. The van der Waals surface area contributed by atoms with Crippen LogP contribution in [0.2, 0.25) is 0 Å². The zero-order valence-electron chi connectivity index (χ0n) is 10.8. The number of fused-ring (bicyclic) bond motifs is 2. The van der Waals surface area contributed by atoms with Gasteiger partial charge in [-0.2, -0.15) is 0 Å². The molecule has 4 rings (SSSR count). The van der Waals surface area contributed by atoms with Gasteiger partial charge in [-0.15, -0.1) is 0 Å². The van der Waals surface area contributed by atoms with Crippen LogP contribution >= 0.6 is 0 Å². The van der Waals surface area contributed by atoms with Crippen LogP contribution in [0.15, 0.2) is 46.6 Å². The number of para-hydroxylation sites is 1. The number of nitrogens with zero attached hydrogens (tertiary/aromatic N) is 4. The molecule has 0 atom stereocenters. The molecule has 0 unspecified atom stereocenters. The largest absolute Gasteiger partial charge is 0.346 e. The summed E-state index contributed by atoms with van der Waals surface area (Å²) in [7, 11) is 0. The van der Waals surface area contributed by atoms with Crippen molar-refractivity contribution in [3.05, 3.63) is 47.9 Å². The van der Waals surface area contributed by atoms with Crippen molar-refractivity contribution in [1.29, 1.82) is 0 Å². The highest BCUT2D eigenvalue weighted by molar-refractivity contribution is 5.79. The first-order valence-electron chi connectivity index (χ1n) is 6.31. The molecule has 1 aromatic heterocycles. The van der Waals surface area contributed by atoms with Gasteiger partial charge in [0, 0.05) is 18.1 Å². The van der Waals surface area contributed by atoms with Gasteiger partial charge in [0.25, 0.3) is 0 Å². The van der Waals surface area contributed by atoms with Crippen LogP contribution < -0.4 is 10.6 Å². The Bertz CT molecular complexity index is 538. The third kappa shape index (κ3) is 2.80. The van der Waals surface area contributed by atoms with E-state index >= 15 is 0 Å². The molecule has 2 aliphatic heterocycles. The van der Waals surface area contributed by atoms with Crippen LogP contribution in [0.1, 0.15) is 11.3 Å². The first-order chi connectivity index (χ1) is 9.93. The SMILES string of the molecule is C1=NCc2ccccc2N1.C1=NCc2nccnc2N1. The average molecular weight is 266 g/mol. The Labute approximate surface area is 116 Å². The van der Waals surface area contributed by atoms with Crippen LogP contribution in [0, 0.1) is 0 Å². The molecule has 0 bridgehead atoms. The Morgan fingerprint density at radius 1 is 0.850 bits per heavy atom. The predicted molar refractivity (Wildman–Crippen MR) is 80.1 cm³/mol. The number of nitrogens with one attached hydrogen (secondary N) is 2. The van der Waals surface area contributed by atoms with Crippen molar-refractivity contribution in [2.75, 3.05) is 10.6 Å². The van der Waals surface area contributed by atoms with Crippen molar-refractivity contribution in [3.8, 4) is 0 Å². The maximum atomic E-state index is 4.08. The molecule has 0 saturated carbocycles. The second-order valence-corrected chi connectivity index (χ2v) is 4.24. The summed E-state index contributed by atoms with van der Waals surface area (Å²) in [5.41, 5.74) is 3.35. The summed E-state index contributed by atoms with van der Waals surface area (Å²) in [6.45, 7) is 1.44. The molecule has 20 heavy (non-hydrogen) atoms. The van der Waals surface area contributed by atoms with Crippen LogP contribution in [-0.4, -0.2) is 22.6 Å². The third-order valence-electron chi connectivity index (χ3n) is 2.90. The lowest BCUT2D eigenvalue weighted by molar-refractivity contribution is 0.957. The smallest absolute Gasteiger partial charge is 0.154 e. The van der Waals surface area contributed by atoms with Gasteiger partial charge in [0.15, 0.2) is 5.82 Å². The van der Waals surface area contributed by atoms with E-state index in [-0.39, 0.29) is 0 Å². The van der Waals surface area contributed by atoms with Crippen molar-refractivity contribution in [2.45, 2.75) is 13.1 Å². The molecule has 2 aliphatic rings. The summed E-state index contributed by atoms with van der Waals surface area (Å²) in [4.78, 5) is 16.2. The monoisotopic (exact) mass is 266 g/mol. The Balaban J connectivity index is 0.000000121. The summed E-state index contributed by atoms with van der Waals surface area (Å²) >= 11 is 0. The second kappa shape index (κ2) is 5.92. The van der Waals surface area contributed by atoms with Crippen molar-refractivity contribution in [3.63, 3.8) is 0 Å². The summed E-state index contributed by atoms with van der Waals surface area (Å²) in [5.74, 6) is 0.817. The van der Waals surface area contributed by atoms with E-state index in [1.54, 1.807) is 25.1 Å². The van der Waals surface area contributed by atoms with E-state index in [4.69, 9.17) is 0 Å². The fourth-order valence-electron chi connectivity index (χ4n) is 1.90. The molecular weight excluding hydrogens is 252 g/mol. The van der Waals surface area contributed by atoms with Gasteiger partial charge in [0.05, 0.1) is 25.8 Å². The summed E-state index contributed by atoms with van der Waals surface area (Å²) < 4.78 is 0. The van der Waals surface area contributed by atoms with Gasteiger partial charge in [0.2, 0.25) is 0 Å². The molecule has 0 spiro atoms. The van der Waals surface area contributed by atoms with Crippen molar-refractivity contribution < 1.29 is 0 Å². The number of aliphatic imine (C=N–C) groups is 2. The van der Waals surface area contributed by atoms with Crippen molar-refractivity contribution in [2.24, 2.45) is 9.98 Å². The van der Waals surface area contributed by atoms with E-state index in [9.17, 15) is 0 Å². The van der Waals surface area contributed by atoms with E-state index < -0.39 is 0 Å². The van der Waals surface area contributed by atoms with Crippen LogP contribution in [0.25, 0.3) is 0 Å². The minimum absolute atomic E-state index is 0.635. The van der Waals surface area contributed by atoms with Crippen molar-refractivity contribution in [1.82, 2.24) is 9.97 Å². The maximum absolute atomic E-state index is 4.08. The number of hydrogen-bond acceptors (Lipinski definition) is 6. The maximum Gasteiger partial charge on any atom is 0.154 e. The quantitative estimate of drug-likeness (QED) is 0.765. The van der Waals surface area contributed by atoms with Gasteiger partial charge in [-0.05, 0) is 11.6 Å². The fraction of sp³-hybridized carbons (Fsp3) is 0.143. The average Bonchev–Trinajstić information content (AvgIpc) is 2.56. The van der Waals surface area contributed by atoms with Crippen LogP contribution in [-0.2, 0) is 13.1 Å². The molecule has 0 aliphatic carbocycles. The van der Waals surface area contributed by atoms with Gasteiger partial charge in [-0.25, -0.2) is 4.98 Å². The third-order valence-corrected chi connectivity index (χ3v) is 2.90. The minimum atomic E-state index is 0.635. The van der Waals surface area contributed by atoms with E-state index in [0.717, 1.165) is 18.1 Å². The van der Waals surface area contributed by atoms with E-state index in [1.807, 2.05) is 12.1 Å². The fourth-order valence-corrected chi connectivity index (χ4v) is 1.90. The number of benzene rings is 1. The molecule has 0 amide bonds. The number of rotatable bonds is 0. The molecule has 1 aromatic carbocycles. The Morgan fingerprint density at radius 3 is 2.55 bits per heavy atom. The van der Waals surface area contributed by atoms with Gasteiger partial charge in [0.1, 0.15) is 5.69 Å². The zero-order valence-corrected chi connectivity index (χ0v) is 10.8. The highest BCUT2D eigenvalue weighted by Gasteiger charge is 2.04. The Hall–Kier alpha value is -2.76. The first-order valence-corrected chi connectivity index (χ1v) is 6.31. The van der Waals surface area contributed by atoms with E-state index in [1.165, 1.54) is 11.3 Å². The molecule has 2 aromatic rings. The summed E-state index contributed by atoms with van der Waals surface area (Å²) in [6, 6.07) is 8.19. The number of hydrogen-bond donors (Lipinski definition) is 2. The van der Waals surface area contributed by atoms with Crippen molar-refractivity contribution >= 4 is 24.2 Å². The molecule has 6 nitrogen and oxygen atoms in total. The van der Waals surface area contributed by atoms with Crippen LogP contribution in [0.4, 0.5) is 11.5 Å². The van der Waals surface area contributed by atoms with E-state index in [0.29, 0.717) is 6.54 Å². The van der Waals surface area contributed by atoms with Gasteiger partial charge >= 0.3 is 0 Å². The Kier molecular flexibility index (Phi) is 3.64. The highest BCUT2D eigenvalue weighted by Crippen LogP contribution is 2.17. The molecule has 3 heterocycles.